The third-order valence-corrected chi connectivity index (χ3v) is 3.41. The zero-order valence-corrected chi connectivity index (χ0v) is 11.8. The van der Waals surface area contributed by atoms with Crippen LogP contribution in [0.5, 0.6) is 5.75 Å². The fraction of sp³-hybridized carbons (Fsp3) is 0.222. The molecule has 0 aliphatic rings. The van der Waals surface area contributed by atoms with E-state index in [4.69, 9.17) is 9.47 Å². The Hall–Kier alpha value is -2.06. The summed E-state index contributed by atoms with van der Waals surface area (Å²) in [4.78, 5) is 0. The topological polar surface area (TPSA) is 18.5 Å². The van der Waals surface area contributed by atoms with E-state index in [1.54, 1.807) is 7.11 Å². The first kappa shape index (κ1) is 12.9. The van der Waals surface area contributed by atoms with Gasteiger partial charge in [0.05, 0.1) is 6.61 Å². The van der Waals surface area contributed by atoms with Crippen molar-refractivity contribution in [3.8, 4) is 5.75 Å². The predicted octanol–water partition coefficient (Wildman–Crippen LogP) is 4.41. The van der Waals surface area contributed by atoms with Crippen LogP contribution in [0.3, 0.4) is 0 Å². The number of methoxy groups -OCH3 is 1. The number of fused-ring (bicyclic) bond motifs is 2. The zero-order valence-electron chi connectivity index (χ0n) is 11.8. The van der Waals surface area contributed by atoms with Crippen molar-refractivity contribution in [3.63, 3.8) is 0 Å². The van der Waals surface area contributed by atoms with E-state index in [9.17, 15) is 0 Å². The molecule has 0 saturated heterocycles. The maximum absolute atomic E-state index is 5.85. The molecule has 20 heavy (non-hydrogen) atoms. The van der Waals surface area contributed by atoms with E-state index in [0.29, 0.717) is 6.61 Å². The second-order valence-electron chi connectivity index (χ2n) is 5.09. The van der Waals surface area contributed by atoms with Gasteiger partial charge in [0.15, 0.2) is 0 Å². The summed E-state index contributed by atoms with van der Waals surface area (Å²) in [6.07, 6.45) is 0.0536. The molecule has 0 aliphatic carbocycles. The summed E-state index contributed by atoms with van der Waals surface area (Å²) in [6, 6.07) is 19.0. The van der Waals surface area contributed by atoms with Gasteiger partial charge >= 0.3 is 0 Å². The number of rotatable bonds is 4. The van der Waals surface area contributed by atoms with Crippen LogP contribution in [0.1, 0.15) is 6.92 Å². The van der Waals surface area contributed by atoms with E-state index in [-0.39, 0.29) is 6.10 Å². The van der Waals surface area contributed by atoms with E-state index in [2.05, 4.69) is 48.5 Å². The van der Waals surface area contributed by atoms with Gasteiger partial charge < -0.3 is 9.47 Å². The van der Waals surface area contributed by atoms with Gasteiger partial charge in [0.1, 0.15) is 11.9 Å². The summed E-state index contributed by atoms with van der Waals surface area (Å²) in [6.45, 7) is 2.60. The quantitative estimate of drug-likeness (QED) is 0.651. The predicted molar refractivity (Wildman–Crippen MR) is 83.4 cm³/mol. The van der Waals surface area contributed by atoms with Crippen LogP contribution in [-0.4, -0.2) is 19.8 Å². The Morgan fingerprint density at radius 2 is 1.50 bits per heavy atom. The lowest BCUT2D eigenvalue weighted by Gasteiger charge is -2.14. The largest absolute Gasteiger partial charge is 0.488 e. The summed E-state index contributed by atoms with van der Waals surface area (Å²) >= 11 is 0. The molecule has 0 amide bonds. The van der Waals surface area contributed by atoms with Crippen LogP contribution in [0, 0.1) is 0 Å². The number of ether oxygens (including phenoxy) is 2. The molecule has 1 unspecified atom stereocenters. The Balaban J connectivity index is 1.99. The average molecular weight is 266 g/mol. The van der Waals surface area contributed by atoms with Gasteiger partial charge in [0, 0.05) is 7.11 Å². The standard InChI is InChI=1S/C18H18O2/c1-13(12-19-2)20-18-8-7-16-9-14-5-3-4-6-15(14)10-17(16)11-18/h3-11,13H,12H2,1-2H3. The molecule has 0 fully saturated rings. The number of hydrogen-bond donors (Lipinski definition) is 0. The highest BCUT2D eigenvalue weighted by molar-refractivity contribution is 5.98. The molecule has 0 N–H and O–H groups in total. The molecule has 3 aromatic carbocycles. The molecule has 0 saturated carbocycles. The lowest BCUT2D eigenvalue weighted by molar-refractivity contribution is 0.0922. The molecule has 0 spiro atoms. The Bertz CT molecular complexity index is 734. The van der Waals surface area contributed by atoms with Crippen molar-refractivity contribution in [1.82, 2.24) is 0 Å². The van der Waals surface area contributed by atoms with Crippen molar-refractivity contribution in [2.45, 2.75) is 13.0 Å². The maximum Gasteiger partial charge on any atom is 0.120 e. The third kappa shape index (κ3) is 2.61. The van der Waals surface area contributed by atoms with Crippen molar-refractivity contribution < 1.29 is 9.47 Å². The van der Waals surface area contributed by atoms with Crippen molar-refractivity contribution >= 4 is 21.5 Å². The maximum atomic E-state index is 5.85. The molecule has 0 aliphatic heterocycles. The van der Waals surface area contributed by atoms with Gasteiger partial charge in [-0.2, -0.15) is 0 Å². The van der Waals surface area contributed by atoms with Crippen LogP contribution in [-0.2, 0) is 4.74 Å². The van der Waals surface area contributed by atoms with Gasteiger partial charge in [-0.1, -0.05) is 30.3 Å². The molecule has 3 aromatic rings. The van der Waals surface area contributed by atoms with Crippen molar-refractivity contribution in [2.75, 3.05) is 13.7 Å². The Kier molecular flexibility index (Phi) is 3.57. The molecule has 1 atom stereocenters. The minimum Gasteiger partial charge on any atom is -0.488 e. The molecule has 0 bridgehead atoms. The van der Waals surface area contributed by atoms with Gasteiger partial charge in [0.25, 0.3) is 0 Å². The van der Waals surface area contributed by atoms with Crippen LogP contribution in [0.2, 0.25) is 0 Å². The SMILES string of the molecule is COCC(C)Oc1ccc2cc3ccccc3cc2c1. The van der Waals surface area contributed by atoms with Gasteiger partial charge in [-0.05, 0) is 52.7 Å². The van der Waals surface area contributed by atoms with E-state index < -0.39 is 0 Å². The van der Waals surface area contributed by atoms with E-state index >= 15 is 0 Å². The van der Waals surface area contributed by atoms with Crippen LogP contribution in [0.4, 0.5) is 0 Å². The summed E-state index contributed by atoms with van der Waals surface area (Å²) < 4.78 is 10.9. The highest BCUT2D eigenvalue weighted by atomic mass is 16.5. The molecular weight excluding hydrogens is 248 g/mol. The molecule has 2 nitrogen and oxygen atoms in total. The molecule has 2 heteroatoms. The van der Waals surface area contributed by atoms with E-state index in [0.717, 1.165) is 5.75 Å². The summed E-state index contributed by atoms with van der Waals surface area (Å²) in [5.41, 5.74) is 0. The fourth-order valence-electron chi connectivity index (χ4n) is 2.49. The summed E-state index contributed by atoms with van der Waals surface area (Å²) in [7, 11) is 1.69. The normalized spacial score (nSPS) is 12.7. The molecule has 102 valence electrons. The van der Waals surface area contributed by atoms with Gasteiger partial charge in [-0.3, -0.25) is 0 Å². The van der Waals surface area contributed by atoms with Gasteiger partial charge in [-0.15, -0.1) is 0 Å². The minimum absolute atomic E-state index is 0.0536. The van der Waals surface area contributed by atoms with Crippen LogP contribution >= 0.6 is 0 Å². The smallest absolute Gasteiger partial charge is 0.120 e. The number of hydrogen-bond acceptors (Lipinski definition) is 2. The van der Waals surface area contributed by atoms with Gasteiger partial charge in [0.2, 0.25) is 0 Å². The first-order valence-electron chi connectivity index (χ1n) is 6.84. The first-order valence-corrected chi connectivity index (χ1v) is 6.84. The third-order valence-electron chi connectivity index (χ3n) is 3.41. The summed E-state index contributed by atoms with van der Waals surface area (Å²) in [5.74, 6) is 0.886. The highest BCUT2D eigenvalue weighted by Gasteiger charge is 2.05. The highest BCUT2D eigenvalue weighted by Crippen LogP contribution is 2.26. The molecule has 0 heterocycles. The minimum atomic E-state index is 0.0536. The fourth-order valence-corrected chi connectivity index (χ4v) is 2.49. The molecule has 0 radical (unpaired) electrons. The van der Waals surface area contributed by atoms with Crippen LogP contribution in [0.25, 0.3) is 21.5 Å². The number of benzene rings is 3. The second-order valence-corrected chi connectivity index (χ2v) is 5.09. The first-order chi connectivity index (χ1) is 9.76. The zero-order chi connectivity index (χ0) is 13.9. The van der Waals surface area contributed by atoms with E-state index in [1.165, 1.54) is 21.5 Å². The van der Waals surface area contributed by atoms with Crippen LogP contribution < -0.4 is 4.74 Å². The Labute approximate surface area is 118 Å². The van der Waals surface area contributed by atoms with Crippen molar-refractivity contribution in [2.24, 2.45) is 0 Å². The lowest BCUT2D eigenvalue weighted by atomic mass is 10.0. The molecule has 3 rings (SSSR count). The van der Waals surface area contributed by atoms with E-state index in [1.807, 2.05) is 13.0 Å². The van der Waals surface area contributed by atoms with Crippen LogP contribution in [0.15, 0.2) is 54.6 Å². The Morgan fingerprint density at radius 3 is 2.20 bits per heavy atom. The van der Waals surface area contributed by atoms with Crippen molar-refractivity contribution in [1.29, 1.82) is 0 Å². The average Bonchev–Trinajstić information content (AvgIpc) is 2.45. The monoisotopic (exact) mass is 266 g/mol. The molecule has 0 aromatic heterocycles. The Morgan fingerprint density at radius 1 is 0.850 bits per heavy atom. The van der Waals surface area contributed by atoms with Gasteiger partial charge in [-0.25, -0.2) is 0 Å². The lowest BCUT2D eigenvalue weighted by Crippen LogP contribution is -2.17. The van der Waals surface area contributed by atoms with Crippen molar-refractivity contribution in [3.05, 3.63) is 54.6 Å². The summed E-state index contributed by atoms with van der Waals surface area (Å²) in [5, 5.41) is 4.95. The molecular formula is C18H18O2. The second kappa shape index (κ2) is 5.51.